The van der Waals surface area contributed by atoms with Crippen LogP contribution in [-0.2, 0) is 4.79 Å². The monoisotopic (exact) mass is 252 g/mol. The summed E-state index contributed by atoms with van der Waals surface area (Å²) < 4.78 is 5.26. The van der Waals surface area contributed by atoms with Gasteiger partial charge in [0.15, 0.2) is 0 Å². The van der Waals surface area contributed by atoms with E-state index in [0.717, 1.165) is 18.4 Å². The topological polar surface area (TPSA) is 26.3 Å². The van der Waals surface area contributed by atoms with Crippen molar-refractivity contribution in [1.29, 1.82) is 0 Å². The first-order chi connectivity index (χ1) is 8.16. The number of carbonyl (C=O) groups is 1. The highest BCUT2D eigenvalue weighted by atomic mass is 35.5. The molecule has 17 heavy (non-hydrogen) atoms. The first kappa shape index (κ1) is 12.4. The Morgan fingerprint density at radius 1 is 1.29 bits per heavy atom. The molecule has 1 saturated carbocycles. The van der Waals surface area contributed by atoms with E-state index < -0.39 is 0 Å². The van der Waals surface area contributed by atoms with Crippen molar-refractivity contribution in [3.8, 4) is 5.75 Å². The zero-order valence-corrected chi connectivity index (χ0v) is 10.8. The predicted molar refractivity (Wildman–Crippen MR) is 68.6 cm³/mol. The second-order valence-electron chi connectivity index (χ2n) is 4.61. The molecule has 3 heteroatoms. The van der Waals surface area contributed by atoms with E-state index in [2.05, 4.69) is 0 Å². The van der Waals surface area contributed by atoms with Gasteiger partial charge in [0.05, 0.1) is 0 Å². The molecule has 2 rings (SSSR count). The van der Waals surface area contributed by atoms with Crippen LogP contribution in [0, 0.1) is 0 Å². The zero-order valence-electron chi connectivity index (χ0n) is 10.0. The highest BCUT2D eigenvalue weighted by Gasteiger charge is 2.20. The molecule has 1 aliphatic rings. The van der Waals surface area contributed by atoms with Crippen LogP contribution in [0.4, 0.5) is 0 Å². The molecule has 1 aliphatic carbocycles. The number of ether oxygens (including phenoxy) is 1. The maximum Gasteiger partial charge on any atom is 0.308 e. The van der Waals surface area contributed by atoms with Gasteiger partial charge in [0.25, 0.3) is 0 Å². The standard InChI is InChI=1S/C14H17ClO2/c1-10(16)17-14-8-7-12(15)9-13(14)11-5-3-2-4-6-11/h7-9,11H,2-6H2,1H3. The Morgan fingerprint density at radius 3 is 2.65 bits per heavy atom. The van der Waals surface area contributed by atoms with Gasteiger partial charge in [-0.25, -0.2) is 0 Å². The Bertz CT molecular complexity index is 409. The molecule has 0 heterocycles. The van der Waals surface area contributed by atoms with Crippen LogP contribution in [0.3, 0.4) is 0 Å². The summed E-state index contributed by atoms with van der Waals surface area (Å²) in [6.07, 6.45) is 6.12. The molecular formula is C14H17ClO2. The number of halogens is 1. The molecule has 0 aliphatic heterocycles. The van der Waals surface area contributed by atoms with E-state index in [0.29, 0.717) is 16.7 Å². The third kappa shape index (κ3) is 3.22. The van der Waals surface area contributed by atoms with Gasteiger partial charge in [-0.1, -0.05) is 30.9 Å². The van der Waals surface area contributed by atoms with E-state index in [4.69, 9.17) is 16.3 Å². The largest absolute Gasteiger partial charge is 0.426 e. The zero-order chi connectivity index (χ0) is 12.3. The molecule has 0 radical (unpaired) electrons. The van der Waals surface area contributed by atoms with Gasteiger partial charge in [-0.2, -0.15) is 0 Å². The van der Waals surface area contributed by atoms with E-state index in [-0.39, 0.29) is 5.97 Å². The van der Waals surface area contributed by atoms with E-state index in [1.54, 1.807) is 12.1 Å². The van der Waals surface area contributed by atoms with Crippen LogP contribution >= 0.6 is 11.6 Å². The van der Waals surface area contributed by atoms with Gasteiger partial charge in [0.2, 0.25) is 0 Å². The lowest BCUT2D eigenvalue weighted by Crippen LogP contribution is -2.09. The van der Waals surface area contributed by atoms with Gasteiger partial charge in [0, 0.05) is 11.9 Å². The van der Waals surface area contributed by atoms with Crippen molar-refractivity contribution >= 4 is 17.6 Å². The van der Waals surface area contributed by atoms with Crippen LogP contribution < -0.4 is 4.74 Å². The summed E-state index contributed by atoms with van der Waals surface area (Å²) in [6.45, 7) is 1.43. The molecule has 0 aromatic heterocycles. The Kier molecular flexibility index (Phi) is 4.06. The Balaban J connectivity index is 2.28. The Morgan fingerprint density at radius 2 is 2.00 bits per heavy atom. The molecular weight excluding hydrogens is 236 g/mol. The van der Waals surface area contributed by atoms with Crippen LogP contribution in [-0.4, -0.2) is 5.97 Å². The van der Waals surface area contributed by atoms with Crippen LogP contribution in [0.5, 0.6) is 5.75 Å². The second kappa shape index (κ2) is 5.54. The quantitative estimate of drug-likeness (QED) is 0.579. The maximum absolute atomic E-state index is 11.1. The van der Waals surface area contributed by atoms with Gasteiger partial charge in [0.1, 0.15) is 5.75 Å². The number of carbonyl (C=O) groups excluding carboxylic acids is 1. The minimum absolute atomic E-state index is 0.274. The van der Waals surface area contributed by atoms with E-state index >= 15 is 0 Å². The molecule has 1 fully saturated rings. The summed E-state index contributed by atoms with van der Waals surface area (Å²) >= 11 is 6.03. The third-order valence-electron chi connectivity index (χ3n) is 3.27. The van der Waals surface area contributed by atoms with Crippen molar-refractivity contribution in [2.45, 2.75) is 44.9 Å². The van der Waals surface area contributed by atoms with E-state index in [9.17, 15) is 4.79 Å². The average molecular weight is 253 g/mol. The molecule has 0 unspecified atom stereocenters. The maximum atomic E-state index is 11.1. The molecule has 0 amide bonds. The fraction of sp³-hybridized carbons (Fsp3) is 0.500. The van der Waals surface area contributed by atoms with Gasteiger partial charge in [-0.05, 0) is 42.5 Å². The van der Waals surface area contributed by atoms with Crippen LogP contribution in [0.1, 0.15) is 50.5 Å². The molecule has 0 atom stereocenters. The summed E-state index contributed by atoms with van der Waals surface area (Å²) in [4.78, 5) is 11.1. The second-order valence-corrected chi connectivity index (χ2v) is 5.05. The van der Waals surface area contributed by atoms with Crippen LogP contribution in [0.2, 0.25) is 5.02 Å². The molecule has 1 aromatic rings. The van der Waals surface area contributed by atoms with Crippen molar-refractivity contribution in [2.75, 3.05) is 0 Å². The van der Waals surface area contributed by atoms with Crippen molar-refractivity contribution < 1.29 is 9.53 Å². The van der Waals surface area contributed by atoms with Crippen LogP contribution in [0.15, 0.2) is 18.2 Å². The van der Waals surface area contributed by atoms with Crippen molar-refractivity contribution in [1.82, 2.24) is 0 Å². The highest BCUT2D eigenvalue weighted by molar-refractivity contribution is 6.30. The lowest BCUT2D eigenvalue weighted by molar-refractivity contribution is -0.131. The summed E-state index contributed by atoms with van der Waals surface area (Å²) in [5, 5.41) is 0.710. The van der Waals surface area contributed by atoms with Crippen LogP contribution in [0.25, 0.3) is 0 Å². The first-order valence-electron chi connectivity index (χ1n) is 6.14. The summed E-state index contributed by atoms with van der Waals surface area (Å²) in [5.41, 5.74) is 1.09. The smallest absolute Gasteiger partial charge is 0.308 e. The van der Waals surface area contributed by atoms with E-state index in [1.807, 2.05) is 6.07 Å². The molecule has 92 valence electrons. The lowest BCUT2D eigenvalue weighted by Gasteiger charge is -2.23. The van der Waals surface area contributed by atoms with Gasteiger partial charge in [-0.15, -0.1) is 0 Å². The molecule has 0 N–H and O–H groups in total. The first-order valence-corrected chi connectivity index (χ1v) is 6.52. The molecule has 0 bridgehead atoms. The molecule has 0 saturated heterocycles. The van der Waals surface area contributed by atoms with Gasteiger partial charge < -0.3 is 4.74 Å². The molecule has 1 aromatic carbocycles. The number of esters is 1. The number of benzene rings is 1. The number of hydrogen-bond acceptors (Lipinski definition) is 2. The molecule has 2 nitrogen and oxygen atoms in total. The lowest BCUT2D eigenvalue weighted by atomic mass is 9.84. The number of hydrogen-bond donors (Lipinski definition) is 0. The summed E-state index contributed by atoms with van der Waals surface area (Å²) in [6, 6.07) is 5.51. The number of rotatable bonds is 2. The third-order valence-corrected chi connectivity index (χ3v) is 3.51. The predicted octanol–water partition coefficient (Wildman–Crippen LogP) is 4.31. The van der Waals surface area contributed by atoms with Gasteiger partial charge >= 0.3 is 5.97 Å². The van der Waals surface area contributed by atoms with Gasteiger partial charge in [-0.3, -0.25) is 4.79 Å². The summed E-state index contributed by atoms with van der Waals surface area (Å²) in [7, 11) is 0. The summed E-state index contributed by atoms with van der Waals surface area (Å²) in [5.74, 6) is 0.884. The van der Waals surface area contributed by atoms with Crippen molar-refractivity contribution in [3.05, 3.63) is 28.8 Å². The normalized spacial score (nSPS) is 16.8. The average Bonchev–Trinajstić information content (AvgIpc) is 2.32. The van der Waals surface area contributed by atoms with E-state index in [1.165, 1.54) is 26.2 Å². The minimum Gasteiger partial charge on any atom is -0.426 e. The fourth-order valence-corrected chi connectivity index (χ4v) is 2.68. The van der Waals surface area contributed by atoms with Crippen molar-refractivity contribution in [2.24, 2.45) is 0 Å². The Labute approximate surface area is 107 Å². The Hall–Kier alpha value is -1.02. The SMILES string of the molecule is CC(=O)Oc1ccc(Cl)cc1C1CCCCC1. The fourth-order valence-electron chi connectivity index (χ4n) is 2.50. The molecule has 0 spiro atoms. The minimum atomic E-state index is -0.274. The van der Waals surface area contributed by atoms with Crippen molar-refractivity contribution in [3.63, 3.8) is 0 Å². The highest BCUT2D eigenvalue weighted by Crippen LogP contribution is 2.38.